The van der Waals surface area contributed by atoms with Crippen molar-refractivity contribution in [1.29, 1.82) is 5.26 Å². The summed E-state index contributed by atoms with van der Waals surface area (Å²) in [6.07, 6.45) is 4.25. The van der Waals surface area contributed by atoms with Crippen molar-refractivity contribution in [1.82, 2.24) is 9.55 Å². The Labute approximate surface area is 102 Å². The molecule has 1 N–H and O–H groups in total. The van der Waals surface area contributed by atoms with Crippen LogP contribution in [-0.2, 0) is 0 Å². The lowest BCUT2D eigenvalue weighted by atomic mass is 10.1. The maximum atomic E-state index is 13.5. The van der Waals surface area contributed by atoms with Gasteiger partial charge in [0.15, 0.2) is 0 Å². The van der Waals surface area contributed by atoms with Gasteiger partial charge in [0, 0.05) is 23.6 Å². The molecule has 5 nitrogen and oxygen atoms in total. The van der Waals surface area contributed by atoms with Crippen LogP contribution in [0.2, 0.25) is 0 Å². The van der Waals surface area contributed by atoms with Gasteiger partial charge in [-0.05, 0) is 19.1 Å². The standard InChI is InChI=1S/C12H9FN4O/c1-8-10(13)4-9(6-14)5-11(8)16-12(18)17-3-2-15-7-17/h2-5,7H,1H3,(H,16,18). The molecule has 1 heterocycles. The quantitative estimate of drug-likeness (QED) is 0.836. The predicted octanol–water partition coefficient (Wildman–Crippen LogP) is 2.28. The molecule has 0 spiro atoms. The third-order valence-corrected chi connectivity index (χ3v) is 2.45. The molecular weight excluding hydrogens is 235 g/mol. The van der Waals surface area contributed by atoms with Crippen LogP contribution in [0.1, 0.15) is 11.1 Å². The van der Waals surface area contributed by atoms with Crippen molar-refractivity contribution in [2.24, 2.45) is 0 Å². The van der Waals surface area contributed by atoms with E-state index in [1.165, 1.54) is 36.3 Å². The van der Waals surface area contributed by atoms with Crippen LogP contribution in [0.5, 0.6) is 0 Å². The third kappa shape index (κ3) is 2.20. The fraction of sp³-hybridized carbons (Fsp3) is 0.0833. The lowest BCUT2D eigenvalue weighted by Gasteiger charge is -2.09. The van der Waals surface area contributed by atoms with Crippen LogP contribution >= 0.6 is 0 Å². The third-order valence-electron chi connectivity index (χ3n) is 2.45. The van der Waals surface area contributed by atoms with Gasteiger partial charge in [0.2, 0.25) is 0 Å². The highest BCUT2D eigenvalue weighted by atomic mass is 19.1. The van der Waals surface area contributed by atoms with Crippen molar-refractivity contribution in [2.75, 3.05) is 5.32 Å². The Hall–Kier alpha value is -2.68. The van der Waals surface area contributed by atoms with Crippen LogP contribution in [0.25, 0.3) is 0 Å². The zero-order valence-electron chi connectivity index (χ0n) is 9.51. The number of nitrogens with one attached hydrogen (secondary N) is 1. The normalized spacial score (nSPS) is 9.83. The number of hydrogen-bond acceptors (Lipinski definition) is 3. The van der Waals surface area contributed by atoms with Gasteiger partial charge >= 0.3 is 6.03 Å². The van der Waals surface area contributed by atoms with E-state index in [9.17, 15) is 9.18 Å². The first-order valence-electron chi connectivity index (χ1n) is 5.11. The highest BCUT2D eigenvalue weighted by Crippen LogP contribution is 2.20. The van der Waals surface area contributed by atoms with E-state index >= 15 is 0 Å². The van der Waals surface area contributed by atoms with Crippen LogP contribution in [0.4, 0.5) is 14.9 Å². The minimum Gasteiger partial charge on any atom is -0.307 e. The van der Waals surface area contributed by atoms with Crippen LogP contribution < -0.4 is 5.32 Å². The van der Waals surface area contributed by atoms with Gasteiger partial charge in [-0.1, -0.05) is 0 Å². The van der Waals surface area contributed by atoms with Crippen molar-refractivity contribution < 1.29 is 9.18 Å². The number of rotatable bonds is 1. The highest BCUT2D eigenvalue weighted by molar-refractivity contribution is 5.91. The predicted molar refractivity (Wildman–Crippen MR) is 62.5 cm³/mol. The van der Waals surface area contributed by atoms with Crippen LogP contribution in [0, 0.1) is 24.1 Å². The first-order chi connectivity index (χ1) is 8.61. The number of carbonyl (C=O) groups excluding carboxylic acids is 1. The SMILES string of the molecule is Cc1c(F)cc(C#N)cc1NC(=O)n1ccnc1. The summed E-state index contributed by atoms with van der Waals surface area (Å²) in [5, 5.41) is 11.3. The molecule has 0 bridgehead atoms. The summed E-state index contributed by atoms with van der Waals surface area (Å²) in [6, 6.07) is 3.92. The molecule has 0 unspecified atom stereocenters. The second-order valence-electron chi connectivity index (χ2n) is 3.64. The van der Waals surface area contributed by atoms with E-state index in [2.05, 4.69) is 10.3 Å². The molecule has 1 amide bonds. The van der Waals surface area contributed by atoms with E-state index in [1.54, 1.807) is 0 Å². The van der Waals surface area contributed by atoms with Crippen LogP contribution in [0.15, 0.2) is 30.9 Å². The number of nitriles is 1. The first kappa shape index (κ1) is 11.8. The largest absolute Gasteiger partial charge is 0.331 e. The summed E-state index contributed by atoms with van der Waals surface area (Å²) in [5.41, 5.74) is 0.701. The molecule has 6 heteroatoms. The van der Waals surface area contributed by atoms with E-state index in [0.29, 0.717) is 0 Å². The molecule has 0 saturated heterocycles. The van der Waals surface area contributed by atoms with Gasteiger partial charge in [0.1, 0.15) is 12.1 Å². The maximum absolute atomic E-state index is 13.5. The van der Waals surface area contributed by atoms with Crippen molar-refractivity contribution in [3.8, 4) is 6.07 Å². The first-order valence-corrected chi connectivity index (χ1v) is 5.11. The molecule has 18 heavy (non-hydrogen) atoms. The number of anilines is 1. The summed E-state index contributed by atoms with van der Waals surface area (Å²) in [4.78, 5) is 15.5. The summed E-state index contributed by atoms with van der Waals surface area (Å²) < 4.78 is 14.7. The van der Waals surface area contributed by atoms with Gasteiger partial charge in [-0.15, -0.1) is 0 Å². The number of carbonyl (C=O) groups is 1. The minimum atomic E-state index is -0.532. The Balaban J connectivity index is 2.32. The summed E-state index contributed by atoms with van der Waals surface area (Å²) >= 11 is 0. The number of nitrogens with zero attached hydrogens (tertiary/aromatic N) is 3. The van der Waals surface area contributed by atoms with Gasteiger partial charge < -0.3 is 5.32 Å². The molecule has 0 atom stereocenters. The fourth-order valence-electron chi connectivity index (χ4n) is 1.43. The number of benzene rings is 1. The van der Waals surface area contributed by atoms with Gasteiger partial charge in [-0.25, -0.2) is 14.2 Å². The minimum absolute atomic E-state index is 0.152. The number of imidazole rings is 1. The molecule has 0 saturated carbocycles. The number of aromatic nitrogens is 2. The molecule has 0 fully saturated rings. The molecule has 0 aliphatic heterocycles. The molecule has 0 radical (unpaired) electrons. The zero-order valence-corrected chi connectivity index (χ0v) is 9.51. The van der Waals surface area contributed by atoms with Crippen molar-refractivity contribution in [3.05, 3.63) is 47.8 Å². The molecule has 0 aliphatic rings. The van der Waals surface area contributed by atoms with E-state index < -0.39 is 11.8 Å². The van der Waals surface area contributed by atoms with E-state index in [1.807, 2.05) is 6.07 Å². The lowest BCUT2D eigenvalue weighted by Crippen LogP contribution is -2.18. The molecule has 2 aromatic rings. The van der Waals surface area contributed by atoms with Gasteiger partial charge in [-0.3, -0.25) is 4.57 Å². The smallest absolute Gasteiger partial charge is 0.307 e. The molecule has 90 valence electrons. The number of hydrogen-bond donors (Lipinski definition) is 1. The number of halogens is 1. The van der Waals surface area contributed by atoms with E-state index in [0.717, 1.165) is 6.07 Å². The Morgan fingerprint density at radius 3 is 2.94 bits per heavy atom. The summed E-state index contributed by atoms with van der Waals surface area (Å²) in [7, 11) is 0. The van der Waals surface area contributed by atoms with E-state index in [4.69, 9.17) is 5.26 Å². The molecule has 0 aliphatic carbocycles. The van der Waals surface area contributed by atoms with Gasteiger partial charge in [0.25, 0.3) is 0 Å². The Morgan fingerprint density at radius 1 is 1.56 bits per heavy atom. The molecular formula is C12H9FN4O. The average molecular weight is 244 g/mol. The van der Waals surface area contributed by atoms with Gasteiger partial charge in [0.05, 0.1) is 11.6 Å². The monoisotopic (exact) mass is 244 g/mol. The highest BCUT2D eigenvalue weighted by Gasteiger charge is 2.10. The Kier molecular flexibility index (Phi) is 3.06. The number of amides is 1. The zero-order chi connectivity index (χ0) is 13.1. The lowest BCUT2D eigenvalue weighted by molar-refractivity contribution is 0.253. The van der Waals surface area contributed by atoms with Crippen molar-refractivity contribution >= 4 is 11.7 Å². The summed E-state index contributed by atoms with van der Waals surface area (Å²) in [5.74, 6) is -0.532. The second-order valence-corrected chi connectivity index (χ2v) is 3.64. The maximum Gasteiger partial charge on any atom is 0.331 e. The summed E-state index contributed by atoms with van der Waals surface area (Å²) in [6.45, 7) is 1.53. The average Bonchev–Trinajstić information content (AvgIpc) is 2.88. The topological polar surface area (TPSA) is 70.7 Å². The van der Waals surface area contributed by atoms with Crippen LogP contribution in [-0.4, -0.2) is 15.6 Å². The molecule has 2 rings (SSSR count). The fourth-order valence-corrected chi connectivity index (χ4v) is 1.43. The van der Waals surface area contributed by atoms with Crippen molar-refractivity contribution in [2.45, 2.75) is 6.92 Å². The van der Waals surface area contributed by atoms with Gasteiger partial charge in [-0.2, -0.15) is 5.26 Å². The molecule has 1 aromatic carbocycles. The van der Waals surface area contributed by atoms with Crippen LogP contribution in [0.3, 0.4) is 0 Å². The molecule has 1 aromatic heterocycles. The Bertz CT molecular complexity index is 628. The second kappa shape index (κ2) is 4.67. The Morgan fingerprint density at radius 2 is 2.33 bits per heavy atom. The van der Waals surface area contributed by atoms with Crippen molar-refractivity contribution in [3.63, 3.8) is 0 Å². The van der Waals surface area contributed by atoms with E-state index in [-0.39, 0.29) is 16.8 Å².